The summed E-state index contributed by atoms with van der Waals surface area (Å²) in [7, 11) is 0. The topological polar surface area (TPSA) is 133 Å². The van der Waals surface area contributed by atoms with E-state index in [1.54, 1.807) is 12.4 Å². The lowest BCUT2D eigenvalue weighted by molar-refractivity contribution is -0.140. The number of hydrogen-bond donors (Lipinski definition) is 3. The molecular formula is C29H32N6O4. The monoisotopic (exact) mass is 528 g/mol. The molecule has 3 atom stereocenters. The number of likely N-dealkylation sites (tertiary alicyclic amines) is 1. The molecule has 3 aliphatic rings. The number of nitrogens with one attached hydrogen (secondary N) is 1. The number of hydrogen-bond acceptors (Lipinski definition) is 8. The molecule has 10 nitrogen and oxygen atoms in total. The van der Waals surface area contributed by atoms with E-state index in [4.69, 9.17) is 5.10 Å². The zero-order chi connectivity index (χ0) is 26.9. The summed E-state index contributed by atoms with van der Waals surface area (Å²) in [6, 6.07) is 9.68. The second-order valence-corrected chi connectivity index (χ2v) is 10.5. The number of imide groups is 1. The zero-order valence-electron chi connectivity index (χ0n) is 21.7. The number of carbonyl (C=O) groups excluding carboxylic acids is 2. The van der Waals surface area contributed by atoms with E-state index in [0.29, 0.717) is 18.6 Å². The van der Waals surface area contributed by atoms with Gasteiger partial charge in [0.25, 0.3) is 0 Å². The van der Waals surface area contributed by atoms with Gasteiger partial charge in [0, 0.05) is 54.3 Å². The number of benzene rings is 1. The van der Waals surface area contributed by atoms with Crippen molar-refractivity contribution in [2.75, 3.05) is 13.2 Å². The van der Waals surface area contributed by atoms with Gasteiger partial charge in [0.15, 0.2) is 0 Å². The van der Waals surface area contributed by atoms with E-state index >= 15 is 0 Å². The van der Waals surface area contributed by atoms with Gasteiger partial charge in [0.1, 0.15) is 11.9 Å². The summed E-state index contributed by atoms with van der Waals surface area (Å²) in [6.07, 6.45) is 10.5. The van der Waals surface area contributed by atoms with Crippen LogP contribution in [0.5, 0.6) is 0 Å². The first-order chi connectivity index (χ1) is 19.1. The lowest BCUT2D eigenvalue weighted by Crippen LogP contribution is -2.55. The third kappa shape index (κ3) is 4.74. The molecule has 4 heterocycles. The molecule has 2 aliphatic heterocycles. The van der Waals surface area contributed by atoms with E-state index in [2.05, 4.69) is 32.6 Å². The van der Waals surface area contributed by atoms with E-state index in [9.17, 15) is 19.9 Å². The molecule has 3 N–H and O–H groups in total. The fraction of sp³-hybridized carbons (Fsp3) is 0.414. The molecule has 2 amide bonds. The Balaban J connectivity index is 1.40. The number of aromatic nitrogens is 3. The highest BCUT2D eigenvalue weighted by Gasteiger charge is 2.40. The maximum Gasteiger partial charge on any atom is 0.231 e. The Labute approximate surface area is 226 Å². The number of pyridine rings is 1. The molecular weight excluding hydrogens is 496 g/mol. The lowest BCUT2D eigenvalue weighted by atomic mass is 9.88. The first-order valence-electron chi connectivity index (χ1n) is 13.6. The van der Waals surface area contributed by atoms with Crippen LogP contribution in [0, 0.1) is 5.92 Å². The van der Waals surface area contributed by atoms with Crippen molar-refractivity contribution in [2.24, 2.45) is 11.1 Å². The van der Waals surface area contributed by atoms with E-state index in [1.807, 2.05) is 28.9 Å². The number of aryl methyl sites for hydroxylation is 1. The number of piperidine rings is 2. The van der Waals surface area contributed by atoms with Crippen LogP contribution < -0.4 is 5.32 Å². The van der Waals surface area contributed by atoms with Crippen LogP contribution in [0.3, 0.4) is 0 Å². The Morgan fingerprint density at radius 3 is 2.64 bits per heavy atom. The number of rotatable bonds is 6. The molecule has 39 heavy (non-hydrogen) atoms. The first-order valence-corrected chi connectivity index (χ1v) is 13.6. The van der Waals surface area contributed by atoms with Crippen molar-refractivity contribution in [3.63, 3.8) is 0 Å². The number of carbonyl (C=O) groups is 2. The van der Waals surface area contributed by atoms with Crippen LogP contribution in [0.15, 0.2) is 54.1 Å². The van der Waals surface area contributed by atoms with Crippen molar-refractivity contribution in [3.8, 4) is 22.4 Å². The molecule has 1 aromatic carbocycles. The first kappa shape index (κ1) is 25.4. The molecule has 6 rings (SSSR count). The number of aliphatic hydroxyl groups is 1. The minimum Gasteiger partial charge on any atom is -0.411 e. The van der Waals surface area contributed by atoms with Crippen LogP contribution in [0.2, 0.25) is 0 Å². The summed E-state index contributed by atoms with van der Waals surface area (Å²) in [5, 5.41) is 30.8. The maximum atomic E-state index is 12.7. The van der Waals surface area contributed by atoms with E-state index < -0.39 is 12.0 Å². The highest BCUT2D eigenvalue weighted by atomic mass is 16.4. The molecule has 0 spiro atoms. The number of oxime groups is 1. The van der Waals surface area contributed by atoms with Gasteiger partial charge in [0.05, 0.1) is 18.2 Å². The average Bonchev–Trinajstić information content (AvgIpc) is 3.59. The molecule has 0 radical (unpaired) electrons. The van der Waals surface area contributed by atoms with Gasteiger partial charge in [-0.2, -0.15) is 5.10 Å². The summed E-state index contributed by atoms with van der Waals surface area (Å²) < 4.78 is 1.98. The standard InChI is InChI=1S/C29H32N6O4/c36-17-25(22-7-9-26(37)31-29(22)38)34-14-2-1-3-27(34)35-16-23(28(32-35)18-10-12-30-13-11-18)20-4-6-21-19(15-20)5-8-24(21)33-39/h4,6,10-13,15-16,22,25,27,36,39H,1-3,5,7-9,14,17H2,(H,31,37,38)/b33-24+. The predicted octanol–water partition coefficient (Wildman–Crippen LogP) is 3.13. The van der Waals surface area contributed by atoms with Gasteiger partial charge in [-0.25, -0.2) is 0 Å². The highest BCUT2D eigenvalue weighted by molar-refractivity contribution is 6.04. The Morgan fingerprint density at radius 1 is 1.03 bits per heavy atom. The van der Waals surface area contributed by atoms with Crippen LogP contribution in [0.1, 0.15) is 55.8 Å². The molecule has 0 saturated carbocycles. The quantitative estimate of drug-likeness (QED) is 0.254. The minimum atomic E-state index is -0.456. The Morgan fingerprint density at radius 2 is 1.87 bits per heavy atom. The molecule has 3 aromatic rings. The second kappa shape index (κ2) is 10.7. The van der Waals surface area contributed by atoms with Gasteiger partial charge >= 0.3 is 0 Å². The fourth-order valence-corrected chi connectivity index (χ4v) is 6.37. The SMILES string of the molecule is O=C1CCC(C(CO)N2CCCCC2n2cc(-c3ccc4c(c3)CC/C4=N\O)c(-c3ccncc3)n2)C(=O)N1. The van der Waals surface area contributed by atoms with Gasteiger partial charge in [-0.15, -0.1) is 0 Å². The van der Waals surface area contributed by atoms with Crippen molar-refractivity contribution in [2.45, 2.75) is 57.2 Å². The van der Waals surface area contributed by atoms with Crippen molar-refractivity contribution < 1.29 is 19.9 Å². The van der Waals surface area contributed by atoms with Crippen molar-refractivity contribution in [1.29, 1.82) is 0 Å². The van der Waals surface area contributed by atoms with Gasteiger partial charge in [0.2, 0.25) is 11.8 Å². The number of aliphatic hydroxyl groups excluding tert-OH is 1. The largest absolute Gasteiger partial charge is 0.411 e. The van der Waals surface area contributed by atoms with Crippen LogP contribution >= 0.6 is 0 Å². The third-order valence-corrected chi connectivity index (χ3v) is 8.34. The van der Waals surface area contributed by atoms with Crippen molar-refractivity contribution in [1.82, 2.24) is 25.0 Å². The summed E-state index contributed by atoms with van der Waals surface area (Å²) >= 11 is 0. The number of fused-ring (bicyclic) bond motifs is 1. The number of nitrogens with zero attached hydrogens (tertiary/aromatic N) is 5. The second-order valence-electron chi connectivity index (χ2n) is 10.5. The third-order valence-electron chi connectivity index (χ3n) is 8.34. The molecule has 2 aromatic heterocycles. The van der Waals surface area contributed by atoms with Crippen LogP contribution in [-0.2, 0) is 16.0 Å². The minimum absolute atomic E-state index is 0.141. The molecule has 2 saturated heterocycles. The molecule has 3 unspecified atom stereocenters. The van der Waals surface area contributed by atoms with E-state index in [-0.39, 0.29) is 31.0 Å². The molecule has 1 aliphatic carbocycles. The predicted molar refractivity (Wildman–Crippen MR) is 144 cm³/mol. The molecule has 10 heteroatoms. The van der Waals surface area contributed by atoms with Crippen molar-refractivity contribution >= 4 is 17.5 Å². The summed E-state index contributed by atoms with van der Waals surface area (Å²) in [4.78, 5) is 30.9. The van der Waals surface area contributed by atoms with Crippen LogP contribution in [0.4, 0.5) is 0 Å². The maximum absolute atomic E-state index is 12.7. The Kier molecular flexibility index (Phi) is 6.97. The van der Waals surface area contributed by atoms with Gasteiger partial charge in [-0.3, -0.25) is 29.5 Å². The zero-order valence-corrected chi connectivity index (χ0v) is 21.7. The summed E-state index contributed by atoms with van der Waals surface area (Å²) in [6.45, 7) is 0.559. The molecule has 2 fully saturated rings. The average molecular weight is 529 g/mol. The van der Waals surface area contributed by atoms with Crippen molar-refractivity contribution in [3.05, 3.63) is 60.0 Å². The van der Waals surface area contributed by atoms with E-state index in [0.717, 1.165) is 65.7 Å². The van der Waals surface area contributed by atoms with Crippen LogP contribution in [-0.4, -0.2) is 66.7 Å². The van der Waals surface area contributed by atoms with Gasteiger partial charge in [-0.05, 0) is 61.8 Å². The van der Waals surface area contributed by atoms with Gasteiger partial charge in [-0.1, -0.05) is 23.4 Å². The smallest absolute Gasteiger partial charge is 0.231 e. The lowest BCUT2D eigenvalue weighted by Gasteiger charge is -2.43. The molecule has 0 bridgehead atoms. The highest BCUT2D eigenvalue weighted by Crippen LogP contribution is 2.38. The van der Waals surface area contributed by atoms with E-state index in [1.165, 1.54) is 0 Å². The van der Waals surface area contributed by atoms with Crippen LogP contribution in [0.25, 0.3) is 22.4 Å². The summed E-state index contributed by atoms with van der Waals surface area (Å²) in [5.74, 6) is -1.02. The number of amides is 2. The normalized spacial score (nSPS) is 23.6. The van der Waals surface area contributed by atoms with Gasteiger partial charge < -0.3 is 10.3 Å². The fourth-order valence-electron chi connectivity index (χ4n) is 6.37. The Hall–Kier alpha value is -3.89. The molecule has 202 valence electrons. The Bertz CT molecular complexity index is 1420. The summed E-state index contributed by atoms with van der Waals surface area (Å²) in [5.41, 5.74) is 6.62.